The zero-order valence-corrected chi connectivity index (χ0v) is 21.0. The molecule has 1 saturated heterocycles. The van der Waals surface area contributed by atoms with Crippen molar-refractivity contribution in [3.8, 4) is 11.1 Å². The Labute approximate surface area is 214 Å². The molecule has 0 aromatic heterocycles. The quantitative estimate of drug-likeness (QED) is 0.342. The summed E-state index contributed by atoms with van der Waals surface area (Å²) in [4.78, 5) is 13.1. The van der Waals surface area contributed by atoms with Gasteiger partial charge in [-0.25, -0.2) is 0 Å². The van der Waals surface area contributed by atoms with Crippen LogP contribution in [0.5, 0.6) is 0 Å². The first-order valence-electron chi connectivity index (χ1n) is 13.2. The third kappa shape index (κ3) is 7.50. The van der Waals surface area contributed by atoms with E-state index in [9.17, 15) is 9.90 Å². The molecule has 6 nitrogen and oxygen atoms in total. The first kappa shape index (κ1) is 26.6. The summed E-state index contributed by atoms with van der Waals surface area (Å²) in [5, 5.41) is 19.9. The van der Waals surface area contributed by atoms with Gasteiger partial charge in [-0.2, -0.15) is 0 Å². The van der Waals surface area contributed by atoms with Gasteiger partial charge in [0.25, 0.3) is 0 Å². The van der Waals surface area contributed by atoms with Crippen molar-refractivity contribution >= 4 is 5.97 Å². The number of aliphatic hydroxyl groups is 1. The number of nitrogens with zero attached hydrogens (tertiary/aromatic N) is 1. The van der Waals surface area contributed by atoms with E-state index in [1.165, 1.54) is 11.1 Å². The van der Waals surface area contributed by atoms with Crippen LogP contribution in [0, 0.1) is 5.92 Å². The first-order chi connectivity index (χ1) is 17.6. The molecule has 6 heteroatoms. The van der Waals surface area contributed by atoms with Crippen molar-refractivity contribution in [1.82, 2.24) is 4.90 Å². The fourth-order valence-corrected chi connectivity index (χ4v) is 5.49. The number of benzene rings is 2. The molecule has 0 bridgehead atoms. The van der Waals surface area contributed by atoms with Crippen LogP contribution in [0.25, 0.3) is 11.1 Å². The first-order valence-corrected chi connectivity index (χ1v) is 13.2. The number of unbranched alkanes of at least 4 members (excludes halogenated alkanes) is 1. The number of carboxylic acids is 1. The number of rotatable bonds is 11. The molecule has 0 radical (unpaired) electrons. The Morgan fingerprint density at radius 2 is 1.81 bits per heavy atom. The van der Waals surface area contributed by atoms with E-state index in [-0.39, 0.29) is 24.5 Å². The average Bonchev–Trinajstić information content (AvgIpc) is 3.03. The summed E-state index contributed by atoms with van der Waals surface area (Å²) in [6.07, 6.45) is 7.76. The number of carboxylic acid groups (broad SMARTS) is 1. The van der Waals surface area contributed by atoms with Gasteiger partial charge in [-0.3, -0.25) is 9.69 Å². The van der Waals surface area contributed by atoms with E-state index in [1.54, 1.807) is 0 Å². The Kier molecular flexibility index (Phi) is 10.1. The molecule has 2 aliphatic rings. The molecule has 194 valence electrons. The molecular weight excluding hydrogens is 454 g/mol. The molecule has 0 amide bonds. The minimum atomic E-state index is -0.754. The minimum Gasteiger partial charge on any atom is -0.481 e. The van der Waals surface area contributed by atoms with E-state index in [1.807, 2.05) is 18.2 Å². The normalized spacial score (nSPS) is 25.2. The van der Waals surface area contributed by atoms with Gasteiger partial charge >= 0.3 is 5.97 Å². The van der Waals surface area contributed by atoms with Gasteiger partial charge in [0.2, 0.25) is 0 Å². The standard InChI is InChI=1S/C30H39NO5/c32-27-21-28(36-22-23-13-15-25(16-14-23)24-9-4-3-5-10-24)26(11-6-1-2-7-12-29(33)34)30(27)31-17-8-19-35-20-18-31/h1,3-6,9-10,13-16,26-28,30,32H,2,7-8,11-12,17-22H2,(H,33,34)/t26-,27+,28-,30+/m0/s1. The molecule has 1 heterocycles. The third-order valence-electron chi connectivity index (χ3n) is 7.32. The molecular formula is C30H39NO5. The average molecular weight is 494 g/mol. The highest BCUT2D eigenvalue weighted by molar-refractivity contribution is 5.66. The lowest BCUT2D eigenvalue weighted by atomic mass is 9.94. The highest BCUT2D eigenvalue weighted by Gasteiger charge is 2.45. The number of aliphatic hydroxyl groups excluding tert-OH is 1. The van der Waals surface area contributed by atoms with Crippen molar-refractivity contribution in [2.75, 3.05) is 26.3 Å². The van der Waals surface area contributed by atoms with E-state index in [0.717, 1.165) is 44.5 Å². The number of allylic oxidation sites excluding steroid dienone is 2. The summed E-state index contributed by atoms with van der Waals surface area (Å²) >= 11 is 0. The van der Waals surface area contributed by atoms with Gasteiger partial charge in [-0.1, -0.05) is 66.7 Å². The number of aliphatic carboxylic acids is 1. The summed E-state index contributed by atoms with van der Waals surface area (Å²) < 4.78 is 12.1. The Bertz CT molecular complexity index is 953. The molecule has 0 unspecified atom stereocenters. The zero-order chi connectivity index (χ0) is 25.2. The lowest BCUT2D eigenvalue weighted by Crippen LogP contribution is -2.46. The second-order valence-corrected chi connectivity index (χ2v) is 9.86. The van der Waals surface area contributed by atoms with Gasteiger partial charge < -0.3 is 19.7 Å². The molecule has 2 aromatic carbocycles. The summed E-state index contributed by atoms with van der Waals surface area (Å²) in [5.41, 5.74) is 3.51. The fourth-order valence-electron chi connectivity index (χ4n) is 5.49. The van der Waals surface area contributed by atoms with Crippen molar-refractivity contribution < 1.29 is 24.5 Å². The van der Waals surface area contributed by atoms with Crippen molar-refractivity contribution in [2.24, 2.45) is 5.92 Å². The molecule has 1 aliphatic carbocycles. The van der Waals surface area contributed by atoms with Crippen molar-refractivity contribution in [2.45, 2.75) is 63.4 Å². The number of carbonyl (C=O) groups is 1. The fraction of sp³-hybridized carbons (Fsp3) is 0.500. The van der Waals surface area contributed by atoms with Gasteiger partial charge in [-0.05, 0) is 42.4 Å². The predicted molar refractivity (Wildman–Crippen MR) is 141 cm³/mol. The van der Waals surface area contributed by atoms with Crippen molar-refractivity contribution in [1.29, 1.82) is 0 Å². The molecule has 1 saturated carbocycles. The highest BCUT2D eigenvalue weighted by atomic mass is 16.5. The van der Waals surface area contributed by atoms with Gasteiger partial charge in [0.1, 0.15) is 0 Å². The Hall–Kier alpha value is -2.51. The van der Waals surface area contributed by atoms with E-state index in [4.69, 9.17) is 14.6 Å². The summed E-state index contributed by atoms with van der Waals surface area (Å²) in [6.45, 7) is 3.73. The lowest BCUT2D eigenvalue weighted by Gasteiger charge is -2.34. The van der Waals surface area contributed by atoms with Crippen LogP contribution in [0.3, 0.4) is 0 Å². The Morgan fingerprint density at radius 1 is 1.03 bits per heavy atom. The molecule has 2 N–H and O–H groups in total. The van der Waals surface area contributed by atoms with Crippen LogP contribution in [0.1, 0.15) is 44.1 Å². The highest BCUT2D eigenvalue weighted by Crippen LogP contribution is 2.36. The molecule has 2 aromatic rings. The van der Waals surface area contributed by atoms with Crippen LogP contribution >= 0.6 is 0 Å². The summed E-state index contributed by atoms with van der Waals surface area (Å²) in [7, 11) is 0. The number of ether oxygens (including phenoxy) is 2. The number of hydrogen-bond acceptors (Lipinski definition) is 5. The van der Waals surface area contributed by atoms with Gasteiger partial charge in [0, 0.05) is 44.5 Å². The predicted octanol–water partition coefficient (Wildman–Crippen LogP) is 4.91. The van der Waals surface area contributed by atoms with Crippen molar-refractivity contribution in [3.05, 3.63) is 72.3 Å². The van der Waals surface area contributed by atoms with E-state index < -0.39 is 12.1 Å². The van der Waals surface area contributed by atoms with Gasteiger partial charge in [-0.15, -0.1) is 0 Å². The van der Waals surface area contributed by atoms with Gasteiger partial charge in [0.15, 0.2) is 0 Å². The second-order valence-electron chi connectivity index (χ2n) is 9.86. The van der Waals surface area contributed by atoms with Crippen LogP contribution < -0.4 is 0 Å². The maximum absolute atomic E-state index is 11.1. The van der Waals surface area contributed by atoms with Crippen LogP contribution in [0.15, 0.2) is 66.7 Å². The Morgan fingerprint density at radius 3 is 2.58 bits per heavy atom. The second kappa shape index (κ2) is 13.7. The molecule has 4 atom stereocenters. The SMILES string of the molecule is O=C(O)CCCC=CC[C@@H]1[C@@H](N2CCCOCC2)[C@H](O)C[C@@H]1OCc1ccc(-c2ccccc2)cc1. The minimum absolute atomic E-state index is 0.0355. The smallest absolute Gasteiger partial charge is 0.303 e. The largest absolute Gasteiger partial charge is 0.481 e. The topological polar surface area (TPSA) is 79.2 Å². The Balaban J connectivity index is 1.39. The molecule has 4 rings (SSSR count). The van der Waals surface area contributed by atoms with E-state index in [2.05, 4.69) is 53.5 Å². The maximum atomic E-state index is 11.1. The summed E-state index contributed by atoms with van der Waals surface area (Å²) in [6, 6.07) is 18.9. The van der Waals surface area contributed by atoms with Crippen LogP contribution in [0.2, 0.25) is 0 Å². The zero-order valence-electron chi connectivity index (χ0n) is 21.0. The molecule has 0 spiro atoms. The lowest BCUT2D eigenvalue weighted by molar-refractivity contribution is -0.137. The third-order valence-corrected chi connectivity index (χ3v) is 7.32. The molecule has 2 fully saturated rings. The van der Waals surface area contributed by atoms with E-state index in [0.29, 0.717) is 26.1 Å². The maximum Gasteiger partial charge on any atom is 0.303 e. The number of hydrogen-bond donors (Lipinski definition) is 2. The van der Waals surface area contributed by atoms with Gasteiger partial charge in [0.05, 0.1) is 25.4 Å². The molecule has 36 heavy (non-hydrogen) atoms. The van der Waals surface area contributed by atoms with E-state index >= 15 is 0 Å². The van der Waals surface area contributed by atoms with Crippen LogP contribution in [-0.4, -0.2) is 65.6 Å². The molecule has 1 aliphatic heterocycles. The van der Waals surface area contributed by atoms with Crippen molar-refractivity contribution in [3.63, 3.8) is 0 Å². The monoisotopic (exact) mass is 493 g/mol. The van der Waals surface area contributed by atoms with Crippen LogP contribution in [0.4, 0.5) is 0 Å². The van der Waals surface area contributed by atoms with Crippen LogP contribution in [-0.2, 0) is 20.9 Å². The summed E-state index contributed by atoms with van der Waals surface area (Å²) in [5.74, 6) is -0.576.